The summed E-state index contributed by atoms with van der Waals surface area (Å²) in [7, 11) is 1.58. The fraction of sp³-hybridized carbons (Fsp3) is 0.267. The number of nitrogens with one attached hydrogen (secondary N) is 1. The van der Waals surface area contributed by atoms with Gasteiger partial charge in [-0.15, -0.1) is 0 Å². The third-order valence-electron chi connectivity index (χ3n) is 2.67. The number of furan rings is 1. The van der Waals surface area contributed by atoms with Crippen LogP contribution in [0.25, 0.3) is 0 Å². The number of methoxy groups -OCH3 is 1. The first-order valence-electron chi connectivity index (χ1n) is 6.43. The van der Waals surface area contributed by atoms with Gasteiger partial charge in [0.15, 0.2) is 5.76 Å². The van der Waals surface area contributed by atoms with E-state index in [-0.39, 0.29) is 18.3 Å². The maximum absolute atomic E-state index is 11.7. The molecule has 1 amide bonds. The van der Waals surface area contributed by atoms with Crippen LogP contribution in [0.15, 0.2) is 45.3 Å². The van der Waals surface area contributed by atoms with Crippen LogP contribution in [0.2, 0.25) is 0 Å². The Hall–Kier alpha value is -1.79. The molecule has 21 heavy (non-hydrogen) atoms. The summed E-state index contributed by atoms with van der Waals surface area (Å²) in [6.45, 7) is 1.18. The molecule has 0 fully saturated rings. The summed E-state index contributed by atoms with van der Waals surface area (Å²) in [5.74, 6) is 1.33. The minimum Gasteiger partial charge on any atom is -0.486 e. The third kappa shape index (κ3) is 4.91. The standard InChI is InChI=1S/C15H16BrNO4/c1-19-9-8-17-15(18)14-7-6-13(21-14)10-20-12-4-2-11(16)3-5-12/h2-7H,8-10H2,1H3,(H,17,18). The first kappa shape index (κ1) is 15.6. The summed E-state index contributed by atoms with van der Waals surface area (Å²) >= 11 is 3.36. The minimum absolute atomic E-state index is 0.262. The lowest BCUT2D eigenvalue weighted by molar-refractivity contribution is 0.0905. The number of halogens is 1. The number of carbonyl (C=O) groups excluding carboxylic acids is 1. The Balaban J connectivity index is 1.85. The molecular weight excluding hydrogens is 338 g/mol. The number of rotatable bonds is 7. The minimum atomic E-state index is -0.262. The van der Waals surface area contributed by atoms with Crippen molar-refractivity contribution >= 4 is 21.8 Å². The molecule has 1 heterocycles. The lowest BCUT2D eigenvalue weighted by atomic mass is 10.3. The van der Waals surface area contributed by atoms with E-state index < -0.39 is 0 Å². The Bertz CT molecular complexity index is 580. The zero-order chi connectivity index (χ0) is 15.1. The molecule has 2 rings (SSSR count). The highest BCUT2D eigenvalue weighted by Crippen LogP contribution is 2.18. The van der Waals surface area contributed by atoms with Crippen LogP contribution in [0.1, 0.15) is 16.3 Å². The van der Waals surface area contributed by atoms with Crippen molar-refractivity contribution in [3.05, 3.63) is 52.4 Å². The molecule has 5 nitrogen and oxygen atoms in total. The van der Waals surface area contributed by atoms with Crippen LogP contribution in [-0.2, 0) is 11.3 Å². The molecule has 0 aliphatic rings. The van der Waals surface area contributed by atoms with Crippen LogP contribution in [0, 0.1) is 0 Å². The number of hydrogen-bond acceptors (Lipinski definition) is 4. The molecule has 0 unspecified atom stereocenters. The topological polar surface area (TPSA) is 60.7 Å². The van der Waals surface area contributed by atoms with E-state index in [9.17, 15) is 4.79 Å². The average Bonchev–Trinajstić information content (AvgIpc) is 2.96. The van der Waals surface area contributed by atoms with E-state index >= 15 is 0 Å². The highest BCUT2D eigenvalue weighted by atomic mass is 79.9. The Morgan fingerprint density at radius 3 is 2.71 bits per heavy atom. The van der Waals surface area contributed by atoms with Gasteiger partial charge in [-0.25, -0.2) is 0 Å². The van der Waals surface area contributed by atoms with E-state index in [1.807, 2.05) is 24.3 Å². The summed E-state index contributed by atoms with van der Waals surface area (Å²) in [6, 6.07) is 10.8. The van der Waals surface area contributed by atoms with Crippen molar-refractivity contribution in [2.24, 2.45) is 0 Å². The van der Waals surface area contributed by atoms with Crippen LogP contribution < -0.4 is 10.1 Å². The van der Waals surface area contributed by atoms with E-state index in [0.717, 1.165) is 10.2 Å². The van der Waals surface area contributed by atoms with Gasteiger partial charge in [0.2, 0.25) is 0 Å². The van der Waals surface area contributed by atoms with Gasteiger partial charge in [0.05, 0.1) is 6.61 Å². The van der Waals surface area contributed by atoms with Crippen LogP contribution in [-0.4, -0.2) is 26.2 Å². The second-order valence-electron chi connectivity index (χ2n) is 4.26. The van der Waals surface area contributed by atoms with Crippen molar-refractivity contribution in [2.45, 2.75) is 6.61 Å². The molecular formula is C15H16BrNO4. The summed E-state index contributed by atoms with van der Waals surface area (Å²) in [5.41, 5.74) is 0. The van der Waals surface area contributed by atoms with Gasteiger partial charge in [-0.2, -0.15) is 0 Å². The monoisotopic (exact) mass is 353 g/mol. The van der Waals surface area contributed by atoms with Gasteiger partial charge in [0, 0.05) is 18.1 Å². The Morgan fingerprint density at radius 1 is 1.24 bits per heavy atom. The Morgan fingerprint density at radius 2 is 2.00 bits per heavy atom. The molecule has 0 spiro atoms. The molecule has 112 valence electrons. The fourth-order valence-corrected chi connectivity index (χ4v) is 1.88. The highest BCUT2D eigenvalue weighted by Gasteiger charge is 2.10. The van der Waals surface area contributed by atoms with Crippen LogP contribution in [0.4, 0.5) is 0 Å². The first-order valence-corrected chi connectivity index (χ1v) is 7.22. The SMILES string of the molecule is COCCNC(=O)c1ccc(COc2ccc(Br)cc2)o1. The zero-order valence-corrected chi connectivity index (χ0v) is 13.2. The lowest BCUT2D eigenvalue weighted by Crippen LogP contribution is -2.26. The molecule has 0 aliphatic heterocycles. The van der Waals surface area contributed by atoms with Crippen molar-refractivity contribution in [3.63, 3.8) is 0 Å². The molecule has 0 radical (unpaired) electrons. The van der Waals surface area contributed by atoms with Gasteiger partial charge in [0.25, 0.3) is 5.91 Å². The van der Waals surface area contributed by atoms with E-state index in [1.165, 1.54) is 0 Å². The number of amides is 1. The van der Waals surface area contributed by atoms with Crippen LogP contribution in [0.3, 0.4) is 0 Å². The predicted octanol–water partition coefficient (Wildman–Crippen LogP) is 3.00. The van der Waals surface area contributed by atoms with Crippen molar-refractivity contribution in [2.75, 3.05) is 20.3 Å². The molecule has 2 aromatic rings. The molecule has 1 aromatic carbocycles. The number of benzene rings is 1. The number of ether oxygens (including phenoxy) is 2. The van der Waals surface area contributed by atoms with Gasteiger partial charge in [-0.05, 0) is 36.4 Å². The average molecular weight is 354 g/mol. The number of carbonyl (C=O) groups is 1. The van der Waals surface area contributed by atoms with Gasteiger partial charge in [-0.3, -0.25) is 4.79 Å². The second kappa shape index (κ2) is 7.85. The largest absolute Gasteiger partial charge is 0.486 e. The molecule has 1 N–H and O–H groups in total. The molecule has 0 saturated heterocycles. The number of hydrogen-bond donors (Lipinski definition) is 1. The van der Waals surface area contributed by atoms with Gasteiger partial charge in [0.1, 0.15) is 18.1 Å². The van der Waals surface area contributed by atoms with Gasteiger partial charge < -0.3 is 19.2 Å². The van der Waals surface area contributed by atoms with Crippen LogP contribution in [0.5, 0.6) is 5.75 Å². The van der Waals surface area contributed by atoms with Crippen molar-refractivity contribution in [1.29, 1.82) is 0 Å². The summed E-state index contributed by atoms with van der Waals surface area (Å²) in [5, 5.41) is 2.69. The van der Waals surface area contributed by atoms with Gasteiger partial charge in [-0.1, -0.05) is 15.9 Å². The second-order valence-corrected chi connectivity index (χ2v) is 5.17. The maximum Gasteiger partial charge on any atom is 0.287 e. The van der Waals surface area contributed by atoms with Crippen molar-refractivity contribution in [1.82, 2.24) is 5.32 Å². The zero-order valence-electron chi connectivity index (χ0n) is 11.6. The van der Waals surface area contributed by atoms with Crippen molar-refractivity contribution < 1.29 is 18.7 Å². The van der Waals surface area contributed by atoms with E-state index in [4.69, 9.17) is 13.9 Å². The predicted molar refractivity (Wildman–Crippen MR) is 81.4 cm³/mol. The maximum atomic E-state index is 11.7. The highest BCUT2D eigenvalue weighted by molar-refractivity contribution is 9.10. The lowest BCUT2D eigenvalue weighted by Gasteiger charge is -2.04. The summed E-state index contributed by atoms with van der Waals surface area (Å²) in [6.07, 6.45) is 0. The quantitative estimate of drug-likeness (QED) is 0.777. The normalized spacial score (nSPS) is 10.4. The van der Waals surface area contributed by atoms with Crippen LogP contribution >= 0.6 is 15.9 Å². The molecule has 0 saturated carbocycles. The third-order valence-corrected chi connectivity index (χ3v) is 3.20. The molecule has 1 aromatic heterocycles. The fourth-order valence-electron chi connectivity index (χ4n) is 1.62. The first-order chi connectivity index (χ1) is 10.2. The Labute approximate surface area is 131 Å². The van der Waals surface area contributed by atoms with Gasteiger partial charge >= 0.3 is 0 Å². The molecule has 0 aliphatic carbocycles. The van der Waals surface area contributed by atoms with E-state index in [2.05, 4.69) is 21.2 Å². The Kier molecular flexibility index (Phi) is 5.83. The van der Waals surface area contributed by atoms with E-state index in [1.54, 1.807) is 19.2 Å². The van der Waals surface area contributed by atoms with E-state index in [0.29, 0.717) is 18.9 Å². The summed E-state index contributed by atoms with van der Waals surface area (Å²) in [4.78, 5) is 11.7. The molecule has 0 bridgehead atoms. The summed E-state index contributed by atoms with van der Waals surface area (Å²) < 4.78 is 16.9. The molecule has 6 heteroatoms. The molecule has 0 atom stereocenters. The van der Waals surface area contributed by atoms with Crippen molar-refractivity contribution in [3.8, 4) is 5.75 Å². The smallest absolute Gasteiger partial charge is 0.287 e.